The van der Waals surface area contributed by atoms with Gasteiger partial charge >= 0.3 is 0 Å². The number of hydrogen-bond donors (Lipinski definition) is 0. The Bertz CT molecular complexity index is 916. The number of sulfonamides is 1. The van der Waals surface area contributed by atoms with E-state index in [9.17, 15) is 13.2 Å². The number of carbonyl (C=O) groups excluding carboxylic acids is 1. The first-order chi connectivity index (χ1) is 15.1. The third kappa shape index (κ3) is 5.18. The van der Waals surface area contributed by atoms with Crippen LogP contribution in [0.2, 0.25) is 0 Å². The Morgan fingerprint density at radius 2 is 1.78 bits per heavy atom. The summed E-state index contributed by atoms with van der Waals surface area (Å²) in [5.74, 6) is 0.601. The maximum absolute atomic E-state index is 13.4. The number of anilines is 1. The predicted molar refractivity (Wildman–Crippen MR) is 126 cm³/mol. The van der Waals surface area contributed by atoms with Crippen molar-refractivity contribution in [3.8, 4) is 0 Å². The van der Waals surface area contributed by atoms with Crippen molar-refractivity contribution in [2.75, 3.05) is 44.2 Å². The lowest BCUT2D eigenvalue weighted by Gasteiger charge is -2.47. The van der Waals surface area contributed by atoms with E-state index in [1.165, 1.54) is 12.6 Å². The third-order valence-electron chi connectivity index (χ3n) is 7.43. The van der Waals surface area contributed by atoms with Gasteiger partial charge in [0.15, 0.2) is 0 Å². The van der Waals surface area contributed by atoms with Crippen LogP contribution >= 0.6 is 0 Å². The maximum Gasteiger partial charge on any atom is 0.244 e. The van der Waals surface area contributed by atoms with E-state index in [0.29, 0.717) is 37.3 Å². The van der Waals surface area contributed by atoms with Crippen molar-refractivity contribution in [3.63, 3.8) is 0 Å². The molecule has 8 heteroatoms. The van der Waals surface area contributed by atoms with Gasteiger partial charge in [-0.05, 0) is 81.1 Å². The first-order valence-electron chi connectivity index (χ1n) is 12.1. The molecule has 1 aromatic heterocycles. The van der Waals surface area contributed by atoms with Gasteiger partial charge in [-0.1, -0.05) is 20.8 Å². The largest absolute Gasteiger partial charge is 0.303 e. The van der Waals surface area contributed by atoms with Gasteiger partial charge in [-0.25, -0.2) is 13.4 Å². The number of pyridine rings is 1. The molecule has 0 unspecified atom stereocenters. The molecule has 4 rings (SSSR count). The molecular formula is C24H38N4O3S. The van der Waals surface area contributed by atoms with Crippen LogP contribution in [0.15, 0.2) is 23.2 Å². The molecule has 1 aromatic rings. The van der Waals surface area contributed by atoms with E-state index in [2.05, 4.69) is 30.7 Å². The molecule has 3 saturated heterocycles. The van der Waals surface area contributed by atoms with Crippen LogP contribution in [0.25, 0.3) is 0 Å². The lowest BCUT2D eigenvalue weighted by Crippen LogP contribution is -2.51. The number of rotatable bonds is 5. The molecular weight excluding hydrogens is 424 g/mol. The summed E-state index contributed by atoms with van der Waals surface area (Å²) in [7, 11) is -3.58. The van der Waals surface area contributed by atoms with Gasteiger partial charge in [0.05, 0.1) is 0 Å². The Morgan fingerprint density at radius 1 is 1.03 bits per heavy atom. The van der Waals surface area contributed by atoms with Gasteiger partial charge < -0.3 is 4.90 Å². The van der Waals surface area contributed by atoms with E-state index in [1.54, 1.807) is 21.3 Å². The van der Waals surface area contributed by atoms with E-state index < -0.39 is 10.0 Å². The smallest absolute Gasteiger partial charge is 0.244 e. The van der Waals surface area contributed by atoms with Crippen LogP contribution in [0.5, 0.6) is 0 Å². The molecule has 3 fully saturated rings. The molecule has 0 radical (unpaired) electrons. The number of hydrogen-bond acceptors (Lipinski definition) is 5. The van der Waals surface area contributed by atoms with Crippen LogP contribution in [-0.2, 0) is 14.8 Å². The van der Waals surface area contributed by atoms with Crippen molar-refractivity contribution in [1.29, 1.82) is 0 Å². The van der Waals surface area contributed by atoms with Crippen molar-refractivity contribution in [3.05, 3.63) is 18.3 Å². The summed E-state index contributed by atoms with van der Waals surface area (Å²) in [4.78, 5) is 20.7. The molecule has 3 aliphatic rings. The van der Waals surface area contributed by atoms with Gasteiger partial charge in [0.1, 0.15) is 10.7 Å². The maximum atomic E-state index is 13.4. The molecule has 0 aliphatic carbocycles. The average molecular weight is 463 g/mol. The molecule has 7 nitrogen and oxygen atoms in total. The standard InChI is InChI=1S/C24H38N4O3S/c1-23(2,3)10-15-26-16-11-24(12-17-26)9-5-13-27(19-24)32(30,31)20-7-8-21(25-18-20)28-14-4-6-22(28)29/h7-8,18H,4-6,9-17,19H2,1-3H3. The molecule has 0 bridgehead atoms. The summed E-state index contributed by atoms with van der Waals surface area (Å²) in [6.07, 6.45) is 8.12. The second-order valence-corrected chi connectivity index (χ2v) is 13.0. The quantitative estimate of drug-likeness (QED) is 0.669. The molecule has 0 N–H and O–H groups in total. The number of likely N-dealkylation sites (tertiary alicyclic amines) is 1. The van der Waals surface area contributed by atoms with Crippen LogP contribution in [0.4, 0.5) is 5.82 Å². The molecule has 3 aliphatic heterocycles. The minimum Gasteiger partial charge on any atom is -0.303 e. The van der Waals surface area contributed by atoms with Crippen LogP contribution in [-0.4, -0.2) is 67.8 Å². The molecule has 0 atom stereocenters. The highest BCUT2D eigenvalue weighted by atomic mass is 32.2. The van der Waals surface area contributed by atoms with Crippen LogP contribution in [0, 0.1) is 10.8 Å². The average Bonchev–Trinajstić information content (AvgIpc) is 3.19. The second-order valence-electron chi connectivity index (χ2n) is 11.1. The van der Waals surface area contributed by atoms with Gasteiger partial charge in [-0.2, -0.15) is 4.31 Å². The Balaban J connectivity index is 1.40. The fourth-order valence-electron chi connectivity index (χ4n) is 5.24. The van der Waals surface area contributed by atoms with Crippen molar-refractivity contribution in [1.82, 2.24) is 14.2 Å². The van der Waals surface area contributed by atoms with Crippen molar-refractivity contribution in [2.45, 2.75) is 70.6 Å². The number of amides is 1. The summed E-state index contributed by atoms with van der Waals surface area (Å²) in [6, 6.07) is 3.28. The zero-order valence-corrected chi connectivity index (χ0v) is 20.7. The van der Waals surface area contributed by atoms with Crippen LogP contribution < -0.4 is 4.90 Å². The molecule has 1 amide bonds. The van der Waals surface area contributed by atoms with Crippen LogP contribution in [0.3, 0.4) is 0 Å². The summed E-state index contributed by atoms with van der Waals surface area (Å²) >= 11 is 0. The van der Waals surface area contributed by atoms with Gasteiger partial charge in [0, 0.05) is 32.3 Å². The van der Waals surface area contributed by atoms with Crippen LogP contribution in [0.1, 0.15) is 65.7 Å². The normalized spacial score (nSPS) is 23.2. The summed E-state index contributed by atoms with van der Waals surface area (Å²) in [6.45, 7) is 11.9. The highest BCUT2D eigenvalue weighted by molar-refractivity contribution is 7.89. The summed E-state index contributed by atoms with van der Waals surface area (Å²) < 4.78 is 28.4. The molecule has 1 spiro atoms. The number of piperidine rings is 2. The number of carbonyl (C=O) groups is 1. The zero-order chi connectivity index (χ0) is 23.0. The Hall–Kier alpha value is -1.51. The lowest BCUT2D eigenvalue weighted by molar-refractivity contribution is -0.117. The number of aromatic nitrogens is 1. The Morgan fingerprint density at radius 3 is 2.38 bits per heavy atom. The first kappa shape index (κ1) is 23.6. The summed E-state index contributed by atoms with van der Waals surface area (Å²) in [5.41, 5.74) is 0.440. The predicted octanol–water partition coefficient (Wildman–Crippen LogP) is 3.51. The minimum absolute atomic E-state index is 0.0555. The van der Waals surface area contributed by atoms with Crippen molar-refractivity contribution in [2.24, 2.45) is 10.8 Å². The third-order valence-corrected chi connectivity index (χ3v) is 9.26. The van der Waals surface area contributed by atoms with E-state index >= 15 is 0 Å². The molecule has 178 valence electrons. The first-order valence-corrected chi connectivity index (χ1v) is 13.5. The van der Waals surface area contributed by atoms with Crippen molar-refractivity contribution >= 4 is 21.7 Å². The van der Waals surface area contributed by atoms with E-state index in [0.717, 1.165) is 51.7 Å². The van der Waals surface area contributed by atoms with E-state index in [-0.39, 0.29) is 16.2 Å². The van der Waals surface area contributed by atoms with Gasteiger partial charge in [-0.3, -0.25) is 9.69 Å². The zero-order valence-electron chi connectivity index (χ0n) is 19.8. The SMILES string of the molecule is CC(C)(C)CCN1CCC2(CCCN(S(=O)(=O)c3ccc(N4CCCC4=O)nc3)C2)CC1. The van der Waals surface area contributed by atoms with Gasteiger partial charge in [-0.15, -0.1) is 0 Å². The monoisotopic (exact) mass is 462 g/mol. The molecule has 0 aromatic carbocycles. The Kier molecular flexibility index (Phi) is 6.67. The fourth-order valence-corrected chi connectivity index (χ4v) is 6.78. The topological polar surface area (TPSA) is 73.8 Å². The molecule has 32 heavy (non-hydrogen) atoms. The molecule has 0 saturated carbocycles. The van der Waals surface area contributed by atoms with Gasteiger partial charge in [0.2, 0.25) is 15.9 Å². The lowest BCUT2D eigenvalue weighted by atomic mass is 9.73. The highest BCUT2D eigenvalue weighted by Gasteiger charge is 2.42. The highest BCUT2D eigenvalue weighted by Crippen LogP contribution is 2.41. The fraction of sp³-hybridized carbons (Fsp3) is 0.750. The number of nitrogens with zero attached hydrogens (tertiary/aromatic N) is 4. The van der Waals surface area contributed by atoms with Crippen molar-refractivity contribution < 1.29 is 13.2 Å². The van der Waals surface area contributed by atoms with E-state index in [4.69, 9.17) is 0 Å². The Labute approximate surface area is 193 Å². The summed E-state index contributed by atoms with van der Waals surface area (Å²) in [5, 5.41) is 0. The van der Waals surface area contributed by atoms with Gasteiger partial charge in [0.25, 0.3) is 0 Å². The minimum atomic E-state index is -3.58. The van der Waals surface area contributed by atoms with E-state index in [1.807, 2.05) is 0 Å². The second kappa shape index (κ2) is 9.03. The molecule has 4 heterocycles.